The van der Waals surface area contributed by atoms with Gasteiger partial charge >= 0.3 is 6.18 Å². The van der Waals surface area contributed by atoms with Crippen molar-refractivity contribution < 1.29 is 22.7 Å². The van der Waals surface area contributed by atoms with Gasteiger partial charge in [-0.25, -0.2) is 19.9 Å². The second-order valence-electron chi connectivity index (χ2n) is 10.8. The Morgan fingerprint density at radius 2 is 1.91 bits per heavy atom. The van der Waals surface area contributed by atoms with E-state index in [1.165, 1.54) is 37.7 Å². The largest absolute Gasteiger partial charge is 0.496 e. The predicted octanol–water partition coefficient (Wildman–Crippen LogP) is 5.43. The van der Waals surface area contributed by atoms with E-state index in [1.54, 1.807) is 24.4 Å². The number of alkyl halides is 3. The first-order valence-electron chi connectivity index (χ1n) is 14.1. The lowest BCUT2D eigenvalue weighted by molar-refractivity contribution is -0.138. The van der Waals surface area contributed by atoms with Gasteiger partial charge in [-0.15, -0.1) is 0 Å². The summed E-state index contributed by atoms with van der Waals surface area (Å²) < 4.78 is 45.2. The molecule has 0 saturated carbocycles. The maximum atomic E-state index is 13.5. The summed E-state index contributed by atoms with van der Waals surface area (Å²) in [4.78, 5) is 36.0. The molecule has 43 heavy (non-hydrogen) atoms. The number of nitrogens with one attached hydrogen (secondary N) is 2. The number of fused-ring (bicyclic) bond motifs is 2. The van der Waals surface area contributed by atoms with Crippen LogP contribution in [0.1, 0.15) is 40.7 Å². The molecular formula is C30H31F3N8O2. The highest BCUT2D eigenvalue weighted by molar-refractivity contribution is 6.05. The molecule has 0 spiro atoms. The summed E-state index contributed by atoms with van der Waals surface area (Å²) in [6.45, 7) is 5.70. The van der Waals surface area contributed by atoms with Crippen molar-refractivity contribution in [3.05, 3.63) is 65.6 Å². The van der Waals surface area contributed by atoms with Crippen LogP contribution >= 0.6 is 0 Å². The third-order valence-corrected chi connectivity index (χ3v) is 8.00. The number of hydrogen-bond donors (Lipinski definition) is 2. The SMILES string of the molecule is COc1ccc(NC(=O)c2ccc(C)c(Nc3ncnc4cnc(N5CCN6CCCCC6C5)nc34)c2)cc1C(F)(F)F. The number of anilines is 4. The number of benzene rings is 2. The summed E-state index contributed by atoms with van der Waals surface area (Å²) in [5.41, 5.74) is 1.81. The Morgan fingerprint density at radius 1 is 1.05 bits per heavy atom. The third-order valence-electron chi connectivity index (χ3n) is 8.00. The number of carbonyl (C=O) groups excluding carboxylic acids is 1. The lowest BCUT2D eigenvalue weighted by atomic mass is 10.00. The van der Waals surface area contributed by atoms with Gasteiger partial charge in [-0.3, -0.25) is 9.69 Å². The van der Waals surface area contributed by atoms with Crippen LogP contribution in [0.15, 0.2) is 48.9 Å². The zero-order valence-electron chi connectivity index (χ0n) is 23.8. The van der Waals surface area contributed by atoms with Crippen molar-refractivity contribution in [3.63, 3.8) is 0 Å². The predicted molar refractivity (Wildman–Crippen MR) is 157 cm³/mol. The Balaban J connectivity index is 1.24. The van der Waals surface area contributed by atoms with E-state index in [9.17, 15) is 18.0 Å². The van der Waals surface area contributed by atoms with Gasteiger partial charge in [0, 0.05) is 42.6 Å². The molecule has 2 aliphatic rings. The average Bonchev–Trinajstić information content (AvgIpc) is 3.01. The summed E-state index contributed by atoms with van der Waals surface area (Å²) >= 11 is 0. The Hall–Kier alpha value is -4.52. The van der Waals surface area contributed by atoms with Crippen LogP contribution in [-0.2, 0) is 6.18 Å². The van der Waals surface area contributed by atoms with Gasteiger partial charge in [-0.05, 0) is 62.2 Å². The number of amides is 1. The van der Waals surface area contributed by atoms with Gasteiger partial charge in [0.15, 0.2) is 5.82 Å². The fourth-order valence-electron chi connectivity index (χ4n) is 5.66. The molecule has 2 N–H and O–H groups in total. The topological polar surface area (TPSA) is 108 Å². The summed E-state index contributed by atoms with van der Waals surface area (Å²) in [5.74, 6) is 0.182. The molecule has 2 aromatic heterocycles. The van der Waals surface area contributed by atoms with Crippen LogP contribution in [-0.4, -0.2) is 70.1 Å². The maximum Gasteiger partial charge on any atom is 0.420 e. The minimum Gasteiger partial charge on any atom is -0.496 e. The van der Waals surface area contributed by atoms with Crippen molar-refractivity contribution in [2.24, 2.45) is 0 Å². The molecule has 0 bridgehead atoms. The number of carbonyl (C=O) groups is 1. The van der Waals surface area contributed by atoms with Crippen LogP contribution in [0.5, 0.6) is 5.75 Å². The van der Waals surface area contributed by atoms with E-state index >= 15 is 0 Å². The van der Waals surface area contributed by atoms with E-state index in [0.29, 0.717) is 34.5 Å². The fourth-order valence-corrected chi connectivity index (χ4v) is 5.66. The minimum absolute atomic E-state index is 0.00621. The van der Waals surface area contributed by atoms with Gasteiger partial charge in [-0.2, -0.15) is 13.2 Å². The van der Waals surface area contributed by atoms with Crippen LogP contribution in [0.25, 0.3) is 11.0 Å². The molecule has 2 aliphatic heterocycles. The Bertz CT molecular complexity index is 1660. The number of aryl methyl sites for hydroxylation is 1. The van der Waals surface area contributed by atoms with Crippen LogP contribution < -0.4 is 20.3 Å². The molecule has 2 aromatic carbocycles. The number of aromatic nitrogens is 4. The molecule has 1 amide bonds. The van der Waals surface area contributed by atoms with Crippen LogP contribution in [0.3, 0.4) is 0 Å². The lowest BCUT2D eigenvalue weighted by Gasteiger charge is -2.44. The normalized spacial score (nSPS) is 17.4. The maximum absolute atomic E-state index is 13.5. The second kappa shape index (κ2) is 11.6. The monoisotopic (exact) mass is 592 g/mol. The van der Waals surface area contributed by atoms with E-state index in [4.69, 9.17) is 9.72 Å². The van der Waals surface area contributed by atoms with E-state index in [2.05, 4.69) is 35.4 Å². The van der Waals surface area contributed by atoms with Gasteiger partial charge in [-0.1, -0.05) is 12.5 Å². The molecule has 10 nitrogen and oxygen atoms in total. The number of methoxy groups -OCH3 is 1. The summed E-state index contributed by atoms with van der Waals surface area (Å²) in [6.07, 6.45) is 2.13. The molecule has 1 atom stereocenters. The van der Waals surface area contributed by atoms with Crippen LogP contribution in [0.4, 0.5) is 36.3 Å². The smallest absolute Gasteiger partial charge is 0.420 e. The molecule has 4 heterocycles. The standard InChI is InChI=1S/C30H31F3N8O2/c1-18-6-7-19(28(42)37-20-8-9-25(43-2)22(14-20)30(31,32)33)13-23(18)38-27-26-24(35-17-36-27)15-34-29(39-26)41-12-11-40-10-4-3-5-21(40)16-41/h6-9,13-15,17,21H,3-5,10-12,16H2,1-2H3,(H,37,42)(H,35,36,38). The van der Waals surface area contributed by atoms with Gasteiger partial charge < -0.3 is 20.3 Å². The average molecular weight is 593 g/mol. The van der Waals surface area contributed by atoms with Gasteiger partial charge in [0.1, 0.15) is 23.1 Å². The number of ether oxygens (including phenoxy) is 1. The molecule has 0 radical (unpaired) electrons. The van der Waals surface area contributed by atoms with Crippen molar-refractivity contribution >= 4 is 40.1 Å². The molecule has 13 heteroatoms. The van der Waals surface area contributed by atoms with Crippen molar-refractivity contribution in [2.45, 2.75) is 38.4 Å². The van der Waals surface area contributed by atoms with E-state index in [0.717, 1.165) is 44.9 Å². The van der Waals surface area contributed by atoms with Gasteiger partial charge in [0.05, 0.1) is 18.9 Å². The quantitative estimate of drug-likeness (QED) is 0.303. The third kappa shape index (κ3) is 6.03. The molecule has 2 fully saturated rings. The number of rotatable bonds is 6. The van der Waals surface area contributed by atoms with Gasteiger partial charge in [0.25, 0.3) is 5.91 Å². The highest BCUT2D eigenvalue weighted by atomic mass is 19.4. The van der Waals surface area contributed by atoms with Crippen molar-refractivity contribution in [1.29, 1.82) is 0 Å². The Kier molecular flexibility index (Phi) is 7.74. The molecular weight excluding hydrogens is 561 g/mol. The van der Waals surface area contributed by atoms with Crippen LogP contribution in [0.2, 0.25) is 0 Å². The summed E-state index contributed by atoms with van der Waals surface area (Å²) in [6, 6.07) is 8.86. The second-order valence-corrected chi connectivity index (χ2v) is 10.8. The zero-order chi connectivity index (χ0) is 30.1. The first kappa shape index (κ1) is 28.6. The molecule has 0 aliphatic carbocycles. The molecule has 2 saturated heterocycles. The summed E-state index contributed by atoms with van der Waals surface area (Å²) in [7, 11) is 1.16. The Labute approximate surface area is 246 Å². The number of piperidine rings is 1. The number of nitrogens with zero attached hydrogens (tertiary/aromatic N) is 6. The van der Waals surface area contributed by atoms with Crippen molar-refractivity contribution in [3.8, 4) is 5.75 Å². The zero-order valence-corrected chi connectivity index (χ0v) is 23.8. The highest BCUT2D eigenvalue weighted by Gasteiger charge is 2.35. The summed E-state index contributed by atoms with van der Waals surface area (Å²) in [5, 5.41) is 5.83. The first-order valence-corrected chi connectivity index (χ1v) is 14.1. The van der Waals surface area contributed by atoms with Crippen molar-refractivity contribution in [1.82, 2.24) is 24.8 Å². The van der Waals surface area contributed by atoms with E-state index < -0.39 is 17.6 Å². The van der Waals surface area contributed by atoms with Crippen molar-refractivity contribution in [2.75, 3.05) is 48.8 Å². The lowest BCUT2D eigenvalue weighted by Crippen LogP contribution is -2.55. The minimum atomic E-state index is -4.64. The number of halogens is 3. The van der Waals surface area contributed by atoms with E-state index in [-0.39, 0.29) is 17.0 Å². The molecule has 1 unspecified atom stereocenters. The molecule has 224 valence electrons. The van der Waals surface area contributed by atoms with Gasteiger partial charge in [0.2, 0.25) is 5.95 Å². The van der Waals surface area contributed by atoms with Crippen LogP contribution in [0, 0.1) is 6.92 Å². The van der Waals surface area contributed by atoms with E-state index in [1.807, 2.05) is 6.92 Å². The number of hydrogen-bond acceptors (Lipinski definition) is 9. The Morgan fingerprint density at radius 3 is 2.72 bits per heavy atom. The number of piperazine rings is 1. The molecule has 6 rings (SSSR count). The molecule has 4 aromatic rings. The highest BCUT2D eigenvalue weighted by Crippen LogP contribution is 2.38. The first-order chi connectivity index (χ1) is 20.7. The fraction of sp³-hybridized carbons (Fsp3) is 0.367.